The molecule has 6 nitrogen and oxygen atoms in total. The van der Waals surface area contributed by atoms with Crippen LogP contribution in [0.4, 0.5) is 22.7 Å². The van der Waals surface area contributed by atoms with Crippen molar-refractivity contribution >= 4 is 22.7 Å². The van der Waals surface area contributed by atoms with Gasteiger partial charge < -0.3 is 34.4 Å². The highest BCUT2D eigenvalue weighted by atomic mass is 15.0. The smallest absolute Gasteiger partial charge is 0.0926 e. The zero-order valence-corrected chi connectivity index (χ0v) is 8.38. The lowest BCUT2D eigenvalue weighted by atomic mass is 9.98. The Morgan fingerprint density at radius 2 is 1.33 bits per heavy atom. The number of hydrogen-bond donors (Lipinski definition) is 6. The van der Waals surface area contributed by atoms with Crippen molar-refractivity contribution in [3.63, 3.8) is 0 Å². The van der Waals surface area contributed by atoms with Crippen molar-refractivity contribution < 1.29 is 0 Å². The first-order valence-corrected chi connectivity index (χ1v) is 4.69. The van der Waals surface area contributed by atoms with E-state index in [2.05, 4.69) is 0 Å². The number of rotatable bonds is 0. The zero-order chi connectivity index (χ0) is 11.4. The fourth-order valence-electron chi connectivity index (χ4n) is 2.13. The molecule has 1 aromatic rings. The molecule has 0 heterocycles. The van der Waals surface area contributed by atoms with Crippen LogP contribution in [0.2, 0.25) is 0 Å². The fourth-order valence-corrected chi connectivity index (χ4v) is 2.13. The summed E-state index contributed by atoms with van der Waals surface area (Å²) in [6.45, 7) is 0. The molecule has 82 valence electrons. The average Bonchev–Trinajstić information content (AvgIpc) is 2.48. The van der Waals surface area contributed by atoms with E-state index in [0.717, 1.165) is 5.56 Å². The number of hydrogen-bond acceptors (Lipinski definition) is 6. The van der Waals surface area contributed by atoms with Crippen LogP contribution in [0.3, 0.4) is 0 Å². The summed E-state index contributed by atoms with van der Waals surface area (Å²) in [5.74, 6) is 0. The largest absolute Gasteiger partial charge is 0.397 e. The SMILES string of the molecule is Nc1c(N)c(N)c2c(c1N)CCC2(N)N. The van der Waals surface area contributed by atoms with Crippen molar-refractivity contribution in [1.82, 2.24) is 0 Å². The molecule has 0 saturated carbocycles. The highest BCUT2D eigenvalue weighted by Gasteiger charge is 2.36. The van der Waals surface area contributed by atoms with Crippen LogP contribution >= 0.6 is 0 Å². The molecule has 0 saturated heterocycles. The Morgan fingerprint density at radius 1 is 0.800 bits per heavy atom. The molecule has 0 radical (unpaired) electrons. The molecule has 2 rings (SSSR count). The molecule has 15 heavy (non-hydrogen) atoms. The predicted octanol–water partition coefficient (Wildman–Crippen LogP) is -0.968. The summed E-state index contributed by atoms with van der Waals surface area (Å²) in [6, 6.07) is 0. The van der Waals surface area contributed by atoms with Gasteiger partial charge in [-0.05, 0) is 18.4 Å². The Balaban J connectivity index is 2.82. The summed E-state index contributed by atoms with van der Waals surface area (Å²) in [5.41, 5.74) is 37.0. The van der Waals surface area contributed by atoms with Crippen LogP contribution in [0.1, 0.15) is 17.5 Å². The molecular weight excluding hydrogens is 192 g/mol. The van der Waals surface area contributed by atoms with E-state index in [1.54, 1.807) is 0 Å². The maximum atomic E-state index is 5.92. The number of nitrogen functional groups attached to an aromatic ring is 4. The molecule has 0 aromatic heterocycles. The molecule has 0 spiro atoms. The quantitative estimate of drug-likeness (QED) is 0.238. The molecule has 0 amide bonds. The van der Waals surface area contributed by atoms with Crippen LogP contribution in [-0.4, -0.2) is 0 Å². The van der Waals surface area contributed by atoms with Crippen LogP contribution < -0.4 is 34.4 Å². The van der Waals surface area contributed by atoms with E-state index in [0.29, 0.717) is 35.5 Å². The second kappa shape index (κ2) is 2.68. The third kappa shape index (κ3) is 1.12. The van der Waals surface area contributed by atoms with Gasteiger partial charge in [0.2, 0.25) is 0 Å². The van der Waals surface area contributed by atoms with Gasteiger partial charge in [-0.2, -0.15) is 0 Å². The van der Waals surface area contributed by atoms with Crippen LogP contribution in [0.5, 0.6) is 0 Å². The number of anilines is 4. The molecule has 0 atom stereocenters. The Morgan fingerprint density at radius 3 is 1.93 bits per heavy atom. The molecule has 0 bridgehead atoms. The maximum Gasteiger partial charge on any atom is 0.0926 e. The highest BCUT2D eigenvalue weighted by molar-refractivity contribution is 5.92. The van der Waals surface area contributed by atoms with E-state index in [9.17, 15) is 0 Å². The maximum absolute atomic E-state index is 5.92. The first-order valence-electron chi connectivity index (χ1n) is 4.69. The van der Waals surface area contributed by atoms with Crippen molar-refractivity contribution in [1.29, 1.82) is 0 Å². The number of benzene rings is 1. The summed E-state index contributed by atoms with van der Waals surface area (Å²) in [6.07, 6.45) is 1.28. The number of nitrogens with two attached hydrogens (primary N) is 6. The van der Waals surface area contributed by atoms with Gasteiger partial charge in [0.1, 0.15) is 0 Å². The normalized spacial score (nSPS) is 17.7. The van der Waals surface area contributed by atoms with E-state index < -0.39 is 5.66 Å². The predicted molar refractivity (Wildman–Crippen MR) is 62.5 cm³/mol. The first kappa shape index (κ1) is 9.88. The second-order valence-corrected chi connectivity index (χ2v) is 4.05. The van der Waals surface area contributed by atoms with Gasteiger partial charge in [0.05, 0.1) is 28.4 Å². The molecule has 0 aliphatic heterocycles. The highest BCUT2D eigenvalue weighted by Crippen LogP contribution is 2.45. The molecule has 12 N–H and O–H groups in total. The van der Waals surface area contributed by atoms with Crippen LogP contribution in [-0.2, 0) is 12.1 Å². The molecule has 1 aliphatic carbocycles. The minimum Gasteiger partial charge on any atom is -0.397 e. The third-order valence-corrected chi connectivity index (χ3v) is 3.02. The topological polar surface area (TPSA) is 156 Å². The molecular formula is C9H16N6. The van der Waals surface area contributed by atoms with E-state index in [4.69, 9.17) is 34.4 Å². The van der Waals surface area contributed by atoms with Gasteiger partial charge in [0.15, 0.2) is 0 Å². The zero-order valence-electron chi connectivity index (χ0n) is 8.38. The Bertz CT molecular complexity index is 437. The first-order chi connectivity index (χ1) is 6.86. The van der Waals surface area contributed by atoms with E-state index in [1.165, 1.54) is 0 Å². The number of fused-ring (bicyclic) bond motifs is 1. The van der Waals surface area contributed by atoms with Crippen molar-refractivity contribution in [2.24, 2.45) is 11.5 Å². The van der Waals surface area contributed by atoms with Gasteiger partial charge in [-0.3, -0.25) is 0 Å². The van der Waals surface area contributed by atoms with E-state index in [-0.39, 0.29) is 5.69 Å². The average molecular weight is 208 g/mol. The molecule has 0 unspecified atom stereocenters. The minimum absolute atomic E-state index is 0.272. The van der Waals surface area contributed by atoms with Crippen molar-refractivity contribution in [2.75, 3.05) is 22.9 Å². The molecule has 1 aromatic carbocycles. The Labute approximate surface area is 87.6 Å². The summed E-state index contributed by atoms with van der Waals surface area (Å²) in [5, 5.41) is 0. The lowest BCUT2D eigenvalue weighted by molar-refractivity contribution is 0.464. The van der Waals surface area contributed by atoms with Crippen molar-refractivity contribution in [2.45, 2.75) is 18.5 Å². The fraction of sp³-hybridized carbons (Fsp3) is 0.333. The van der Waals surface area contributed by atoms with Crippen LogP contribution in [0.15, 0.2) is 0 Å². The lowest BCUT2D eigenvalue weighted by Gasteiger charge is -2.23. The van der Waals surface area contributed by atoms with Gasteiger partial charge in [-0.25, -0.2) is 0 Å². The van der Waals surface area contributed by atoms with Crippen molar-refractivity contribution in [3.8, 4) is 0 Å². The van der Waals surface area contributed by atoms with E-state index >= 15 is 0 Å². The summed E-state index contributed by atoms with van der Waals surface area (Å²) < 4.78 is 0. The minimum atomic E-state index is -0.949. The third-order valence-electron chi connectivity index (χ3n) is 3.02. The molecule has 1 aliphatic rings. The monoisotopic (exact) mass is 208 g/mol. The standard InChI is InChI=1S/C9H16N6/c10-5-3-1-2-9(14,15)4(3)6(11)8(13)7(5)12/h1-2,10-15H2. The molecule has 0 fully saturated rings. The van der Waals surface area contributed by atoms with Gasteiger partial charge in [0, 0.05) is 5.56 Å². The van der Waals surface area contributed by atoms with E-state index in [1.807, 2.05) is 0 Å². The van der Waals surface area contributed by atoms with Crippen LogP contribution in [0.25, 0.3) is 0 Å². The summed E-state index contributed by atoms with van der Waals surface area (Å²) >= 11 is 0. The Hall–Kier alpha value is -1.66. The van der Waals surface area contributed by atoms with Crippen LogP contribution in [0, 0.1) is 0 Å². The lowest BCUT2D eigenvalue weighted by Crippen LogP contribution is -2.44. The second-order valence-electron chi connectivity index (χ2n) is 4.05. The summed E-state index contributed by atoms with van der Waals surface area (Å²) in [4.78, 5) is 0. The van der Waals surface area contributed by atoms with Crippen molar-refractivity contribution in [3.05, 3.63) is 11.1 Å². The van der Waals surface area contributed by atoms with Gasteiger partial charge in [-0.1, -0.05) is 0 Å². The van der Waals surface area contributed by atoms with Gasteiger partial charge >= 0.3 is 0 Å². The van der Waals surface area contributed by atoms with Gasteiger partial charge in [-0.15, -0.1) is 0 Å². The van der Waals surface area contributed by atoms with Gasteiger partial charge in [0.25, 0.3) is 0 Å². The molecule has 6 heteroatoms. The summed E-state index contributed by atoms with van der Waals surface area (Å²) in [7, 11) is 0. The Kier molecular flexibility index (Phi) is 1.76.